The molecule has 96 valence electrons. The van der Waals surface area contributed by atoms with Crippen LogP contribution in [-0.4, -0.2) is 6.54 Å². The third-order valence-corrected chi connectivity index (χ3v) is 3.01. The van der Waals surface area contributed by atoms with Gasteiger partial charge in [0.1, 0.15) is 11.6 Å². The third-order valence-electron chi connectivity index (χ3n) is 3.01. The quantitative estimate of drug-likeness (QED) is 0.869. The lowest BCUT2D eigenvalue weighted by Crippen LogP contribution is -2.23. The first-order chi connectivity index (χ1) is 8.72. The van der Waals surface area contributed by atoms with Gasteiger partial charge >= 0.3 is 0 Å². The van der Waals surface area contributed by atoms with Gasteiger partial charge in [-0.3, -0.25) is 0 Å². The van der Waals surface area contributed by atoms with E-state index in [0.717, 1.165) is 29.9 Å². The number of furan rings is 1. The zero-order chi connectivity index (χ0) is 13.0. The summed E-state index contributed by atoms with van der Waals surface area (Å²) in [4.78, 5) is 0. The molecule has 1 aromatic carbocycles. The minimum atomic E-state index is -0.211. The summed E-state index contributed by atoms with van der Waals surface area (Å²) in [5.74, 6) is 0.685. The van der Waals surface area contributed by atoms with E-state index in [1.54, 1.807) is 6.26 Å². The highest BCUT2D eigenvalue weighted by molar-refractivity contribution is 5.33. The van der Waals surface area contributed by atoms with Gasteiger partial charge in [-0.15, -0.1) is 0 Å². The van der Waals surface area contributed by atoms with Crippen molar-refractivity contribution in [3.63, 3.8) is 0 Å². The molecule has 18 heavy (non-hydrogen) atoms. The van der Waals surface area contributed by atoms with Crippen LogP contribution in [0.2, 0.25) is 0 Å². The number of nitrogens with one attached hydrogen (secondary N) is 1. The standard InChI is InChI=1S/C15H18FNO/c1-3-9-17-15(14-8-10-18-11(14)2)12-4-6-13(16)7-5-12/h4-8,10,15,17H,3,9H2,1-2H3. The molecule has 1 aromatic heterocycles. The molecule has 0 aliphatic carbocycles. The topological polar surface area (TPSA) is 25.2 Å². The number of aryl methyl sites for hydroxylation is 1. The molecule has 0 saturated heterocycles. The first kappa shape index (κ1) is 12.8. The van der Waals surface area contributed by atoms with Gasteiger partial charge in [0.05, 0.1) is 12.3 Å². The van der Waals surface area contributed by atoms with Crippen LogP contribution in [0.4, 0.5) is 4.39 Å². The van der Waals surface area contributed by atoms with E-state index in [9.17, 15) is 4.39 Å². The average Bonchev–Trinajstić information content (AvgIpc) is 2.78. The first-order valence-corrected chi connectivity index (χ1v) is 6.25. The Hall–Kier alpha value is -1.61. The van der Waals surface area contributed by atoms with Gasteiger partial charge in [0.25, 0.3) is 0 Å². The molecule has 0 amide bonds. The molecule has 2 nitrogen and oxygen atoms in total. The molecule has 1 N–H and O–H groups in total. The molecule has 0 bridgehead atoms. The van der Waals surface area contributed by atoms with Crippen molar-refractivity contribution in [1.82, 2.24) is 5.32 Å². The highest BCUT2D eigenvalue weighted by Gasteiger charge is 2.17. The van der Waals surface area contributed by atoms with Gasteiger partial charge in [-0.25, -0.2) is 4.39 Å². The molecule has 2 aromatic rings. The lowest BCUT2D eigenvalue weighted by atomic mass is 9.99. The fourth-order valence-corrected chi connectivity index (χ4v) is 2.05. The zero-order valence-electron chi connectivity index (χ0n) is 10.7. The Morgan fingerprint density at radius 3 is 2.50 bits per heavy atom. The predicted molar refractivity (Wildman–Crippen MR) is 70.0 cm³/mol. The molecule has 0 fully saturated rings. The van der Waals surface area contributed by atoms with Crippen molar-refractivity contribution in [3.8, 4) is 0 Å². The van der Waals surface area contributed by atoms with Gasteiger partial charge in [-0.05, 0) is 43.7 Å². The maximum absolute atomic E-state index is 13.0. The molecule has 1 heterocycles. The molecule has 3 heteroatoms. The second-order valence-corrected chi connectivity index (χ2v) is 4.37. The Kier molecular flexibility index (Phi) is 4.15. The van der Waals surface area contributed by atoms with Crippen LogP contribution in [0.5, 0.6) is 0 Å². The largest absolute Gasteiger partial charge is 0.469 e. The molecule has 0 aliphatic rings. The fraction of sp³-hybridized carbons (Fsp3) is 0.333. The molecular weight excluding hydrogens is 229 g/mol. The minimum Gasteiger partial charge on any atom is -0.469 e. The van der Waals surface area contributed by atoms with Crippen molar-refractivity contribution < 1.29 is 8.81 Å². The molecule has 1 atom stereocenters. The van der Waals surface area contributed by atoms with Gasteiger partial charge in [-0.2, -0.15) is 0 Å². The van der Waals surface area contributed by atoms with Crippen molar-refractivity contribution in [1.29, 1.82) is 0 Å². The van der Waals surface area contributed by atoms with Crippen LogP contribution >= 0.6 is 0 Å². The van der Waals surface area contributed by atoms with Gasteiger partial charge < -0.3 is 9.73 Å². The normalized spacial score (nSPS) is 12.6. The molecule has 0 radical (unpaired) electrons. The van der Waals surface area contributed by atoms with Gasteiger partial charge in [0.15, 0.2) is 0 Å². The minimum absolute atomic E-state index is 0.0595. The summed E-state index contributed by atoms with van der Waals surface area (Å²) in [6.45, 7) is 4.98. The van der Waals surface area contributed by atoms with Crippen LogP contribution in [0.3, 0.4) is 0 Å². The predicted octanol–water partition coefficient (Wildman–Crippen LogP) is 3.82. The Morgan fingerprint density at radius 1 is 1.22 bits per heavy atom. The molecule has 0 aliphatic heterocycles. The van der Waals surface area contributed by atoms with Crippen LogP contribution in [0.1, 0.15) is 36.3 Å². The van der Waals surface area contributed by atoms with Crippen LogP contribution in [0, 0.1) is 12.7 Å². The molecule has 2 rings (SSSR count). The summed E-state index contributed by atoms with van der Waals surface area (Å²) in [7, 11) is 0. The van der Waals surface area contributed by atoms with Gasteiger partial charge in [0.2, 0.25) is 0 Å². The summed E-state index contributed by atoms with van der Waals surface area (Å²) in [6, 6.07) is 8.64. The number of benzene rings is 1. The van der Waals surface area contributed by atoms with E-state index in [2.05, 4.69) is 12.2 Å². The van der Waals surface area contributed by atoms with E-state index in [0.29, 0.717) is 0 Å². The Bertz CT molecular complexity index is 489. The molecule has 0 saturated carbocycles. The van der Waals surface area contributed by atoms with E-state index < -0.39 is 0 Å². The van der Waals surface area contributed by atoms with Gasteiger partial charge in [-0.1, -0.05) is 19.1 Å². The van der Waals surface area contributed by atoms with E-state index in [-0.39, 0.29) is 11.9 Å². The van der Waals surface area contributed by atoms with Gasteiger partial charge in [0, 0.05) is 5.56 Å². The van der Waals surface area contributed by atoms with Crippen molar-refractivity contribution in [3.05, 3.63) is 59.3 Å². The van der Waals surface area contributed by atoms with Crippen LogP contribution < -0.4 is 5.32 Å². The Morgan fingerprint density at radius 2 is 1.94 bits per heavy atom. The SMILES string of the molecule is CCCNC(c1ccc(F)cc1)c1ccoc1C. The maximum Gasteiger partial charge on any atom is 0.123 e. The Labute approximate surface area is 107 Å². The van der Waals surface area contributed by atoms with Crippen molar-refractivity contribution in [2.24, 2.45) is 0 Å². The van der Waals surface area contributed by atoms with E-state index in [1.807, 2.05) is 25.1 Å². The summed E-state index contributed by atoms with van der Waals surface area (Å²) in [5.41, 5.74) is 2.16. The highest BCUT2D eigenvalue weighted by atomic mass is 19.1. The van der Waals surface area contributed by atoms with Crippen LogP contribution in [0.25, 0.3) is 0 Å². The second-order valence-electron chi connectivity index (χ2n) is 4.37. The van der Waals surface area contributed by atoms with Crippen molar-refractivity contribution in [2.45, 2.75) is 26.3 Å². The smallest absolute Gasteiger partial charge is 0.123 e. The first-order valence-electron chi connectivity index (χ1n) is 6.25. The number of halogens is 1. The lowest BCUT2D eigenvalue weighted by molar-refractivity contribution is 0.517. The summed E-state index contributed by atoms with van der Waals surface area (Å²) >= 11 is 0. The fourth-order valence-electron chi connectivity index (χ4n) is 2.05. The van der Waals surface area contributed by atoms with Crippen molar-refractivity contribution in [2.75, 3.05) is 6.54 Å². The van der Waals surface area contributed by atoms with E-state index in [1.165, 1.54) is 12.1 Å². The maximum atomic E-state index is 13.0. The second kappa shape index (κ2) is 5.83. The summed E-state index contributed by atoms with van der Waals surface area (Å²) in [6.07, 6.45) is 2.74. The molecule has 0 spiro atoms. The Balaban J connectivity index is 2.30. The summed E-state index contributed by atoms with van der Waals surface area (Å²) in [5, 5.41) is 3.47. The average molecular weight is 247 g/mol. The van der Waals surface area contributed by atoms with E-state index in [4.69, 9.17) is 4.42 Å². The number of rotatable bonds is 5. The van der Waals surface area contributed by atoms with Crippen LogP contribution in [0.15, 0.2) is 41.0 Å². The third kappa shape index (κ3) is 2.79. The number of hydrogen-bond donors (Lipinski definition) is 1. The van der Waals surface area contributed by atoms with Crippen LogP contribution in [-0.2, 0) is 0 Å². The zero-order valence-corrected chi connectivity index (χ0v) is 10.7. The molecule has 1 unspecified atom stereocenters. The summed E-state index contributed by atoms with van der Waals surface area (Å²) < 4.78 is 18.3. The number of hydrogen-bond acceptors (Lipinski definition) is 2. The van der Waals surface area contributed by atoms with E-state index >= 15 is 0 Å². The molecular formula is C15H18FNO. The lowest BCUT2D eigenvalue weighted by Gasteiger charge is -2.18. The monoisotopic (exact) mass is 247 g/mol. The highest BCUT2D eigenvalue weighted by Crippen LogP contribution is 2.25. The van der Waals surface area contributed by atoms with Crippen molar-refractivity contribution >= 4 is 0 Å².